The van der Waals surface area contributed by atoms with Crippen LogP contribution in [0.1, 0.15) is 45.4 Å². The second-order valence-electron chi connectivity index (χ2n) is 8.46. The van der Waals surface area contributed by atoms with Gasteiger partial charge in [-0.15, -0.1) is 0 Å². The summed E-state index contributed by atoms with van der Waals surface area (Å²) in [5, 5.41) is 7.69. The van der Waals surface area contributed by atoms with Crippen molar-refractivity contribution in [1.29, 1.82) is 0 Å². The summed E-state index contributed by atoms with van der Waals surface area (Å²) in [4.78, 5) is 63.9. The third-order valence-corrected chi connectivity index (χ3v) is 6.65. The third kappa shape index (κ3) is 2.91. The molecule has 4 aliphatic rings. The predicted octanol–water partition coefficient (Wildman–Crippen LogP) is -0.312. The number of carbonyl (C=O) groups excluding carboxylic acids is 5. The van der Waals surface area contributed by atoms with E-state index in [1.807, 2.05) is 0 Å². The van der Waals surface area contributed by atoms with Crippen molar-refractivity contribution in [3.05, 3.63) is 0 Å². The molecule has 1 saturated carbocycles. The van der Waals surface area contributed by atoms with Gasteiger partial charge in [-0.3, -0.25) is 24.6 Å². The van der Waals surface area contributed by atoms with E-state index in [0.717, 1.165) is 17.7 Å². The molecule has 3 aliphatic heterocycles. The Hall–Kier alpha value is -2.65. The number of hydrogen-bond donors (Lipinski definition) is 3. The largest absolute Gasteiger partial charge is 0.341 e. The van der Waals surface area contributed by atoms with Gasteiger partial charge in [0.2, 0.25) is 5.91 Å². The SMILES string of the molecule is CC1CCC2(CC1)NC(=O)N(CC(=O)N1CCC3(CC1)NC(=O)NC3=O)C2=O. The molecule has 28 heavy (non-hydrogen) atoms. The highest BCUT2D eigenvalue weighted by molar-refractivity contribution is 6.09. The van der Waals surface area contributed by atoms with Crippen LogP contribution in [0.25, 0.3) is 0 Å². The van der Waals surface area contributed by atoms with Crippen molar-refractivity contribution in [1.82, 2.24) is 25.8 Å². The average molecular weight is 391 g/mol. The van der Waals surface area contributed by atoms with Gasteiger partial charge in [-0.25, -0.2) is 9.59 Å². The first-order valence-electron chi connectivity index (χ1n) is 9.80. The molecular formula is C18H25N5O5. The number of nitrogens with one attached hydrogen (secondary N) is 3. The first-order valence-corrected chi connectivity index (χ1v) is 9.80. The maximum atomic E-state index is 12.9. The number of amides is 7. The van der Waals surface area contributed by atoms with Crippen LogP contribution in [0.2, 0.25) is 0 Å². The van der Waals surface area contributed by atoms with Crippen LogP contribution in [0.3, 0.4) is 0 Å². The van der Waals surface area contributed by atoms with Crippen molar-refractivity contribution < 1.29 is 24.0 Å². The number of rotatable bonds is 2. The minimum absolute atomic E-state index is 0.277. The molecule has 0 aromatic heterocycles. The lowest BCUT2D eigenvalue weighted by Crippen LogP contribution is -2.57. The predicted molar refractivity (Wildman–Crippen MR) is 95.8 cm³/mol. The number of urea groups is 2. The van der Waals surface area contributed by atoms with Crippen LogP contribution in [0.15, 0.2) is 0 Å². The molecule has 0 unspecified atom stereocenters. The molecule has 0 radical (unpaired) electrons. The first kappa shape index (κ1) is 18.7. The van der Waals surface area contributed by atoms with Gasteiger partial charge in [-0.05, 0) is 44.4 Å². The van der Waals surface area contributed by atoms with Crippen LogP contribution in [0.4, 0.5) is 9.59 Å². The molecule has 4 fully saturated rings. The molecule has 0 atom stereocenters. The van der Waals surface area contributed by atoms with Gasteiger partial charge >= 0.3 is 12.1 Å². The van der Waals surface area contributed by atoms with Crippen molar-refractivity contribution in [3.63, 3.8) is 0 Å². The van der Waals surface area contributed by atoms with Crippen LogP contribution in [0.5, 0.6) is 0 Å². The molecule has 10 heteroatoms. The molecule has 2 spiro atoms. The molecule has 0 aromatic rings. The van der Waals surface area contributed by atoms with Gasteiger partial charge in [-0.2, -0.15) is 0 Å². The molecule has 3 heterocycles. The van der Waals surface area contributed by atoms with Crippen LogP contribution in [-0.2, 0) is 14.4 Å². The van der Waals surface area contributed by atoms with E-state index in [9.17, 15) is 24.0 Å². The molecule has 0 aromatic carbocycles. The minimum Gasteiger partial charge on any atom is -0.341 e. The van der Waals surface area contributed by atoms with Gasteiger partial charge in [0, 0.05) is 13.1 Å². The summed E-state index contributed by atoms with van der Waals surface area (Å²) in [6.45, 7) is 2.39. The van der Waals surface area contributed by atoms with Gasteiger partial charge in [-0.1, -0.05) is 6.92 Å². The maximum Gasteiger partial charge on any atom is 0.325 e. The van der Waals surface area contributed by atoms with E-state index in [0.29, 0.717) is 31.6 Å². The maximum absolute atomic E-state index is 12.9. The van der Waals surface area contributed by atoms with Gasteiger partial charge in [0.1, 0.15) is 17.6 Å². The van der Waals surface area contributed by atoms with Crippen molar-refractivity contribution in [3.8, 4) is 0 Å². The lowest BCUT2D eigenvalue weighted by Gasteiger charge is -2.37. The summed E-state index contributed by atoms with van der Waals surface area (Å²) in [5.74, 6) is -0.481. The molecule has 152 valence electrons. The van der Waals surface area contributed by atoms with Gasteiger partial charge in [0.25, 0.3) is 11.8 Å². The summed E-state index contributed by atoms with van der Waals surface area (Å²) in [7, 11) is 0. The zero-order valence-corrected chi connectivity index (χ0v) is 15.9. The number of likely N-dealkylation sites (tertiary alicyclic amines) is 1. The van der Waals surface area contributed by atoms with E-state index in [1.54, 1.807) is 0 Å². The van der Waals surface area contributed by atoms with E-state index in [2.05, 4.69) is 22.9 Å². The molecule has 3 saturated heterocycles. The Morgan fingerprint density at radius 3 is 2.21 bits per heavy atom. The quantitative estimate of drug-likeness (QED) is 0.556. The van der Waals surface area contributed by atoms with E-state index in [-0.39, 0.29) is 37.4 Å². The van der Waals surface area contributed by atoms with Crippen LogP contribution >= 0.6 is 0 Å². The fraction of sp³-hybridized carbons (Fsp3) is 0.722. The van der Waals surface area contributed by atoms with Crippen molar-refractivity contribution in [2.45, 2.75) is 56.5 Å². The highest BCUT2D eigenvalue weighted by Crippen LogP contribution is 2.36. The van der Waals surface area contributed by atoms with Gasteiger partial charge < -0.3 is 15.5 Å². The second-order valence-corrected chi connectivity index (χ2v) is 8.46. The van der Waals surface area contributed by atoms with Crippen molar-refractivity contribution >= 4 is 29.8 Å². The molecule has 3 N–H and O–H groups in total. The van der Waals surface area contributed by atoms with Crippen molar-refractivity contribution in [2.24, 2.45) is 5.92 Å². The summed E-state index contributed by atoms with van der Waals surface area (Å²) >= 11 is 0. The summed E-state index contributed by atoms with van der Waals surface area (Å²) in [5.41, 5.74) is -1.82. The van der Waals surface area contributed by atoms with E-state index in [4.69, 9.17) is 0 Å². The molecule has 7 amide bonds. The van der Waals surface area contributed by atoms with E-state index in [1.165, 1.54) is 4.90 Å². The second kappa shape index (κ2) is 6.46. The number of hydrogen-bond acceptors (Lipinski definition) is 5. The van der Waals surface area contributed by atoms with Gasteiger partial charge in [0.15, 0.2) is 0 Å². The van der Waals surface area contributed by atoms with Crippen LogP contribution in [0, 0.1) is 5.92 Å². The Kier molecular flexibility index (Phi) is 4.31. The molecule has 1 aliphatic carbocycles. The lowest BCUT2D eigenvalue weighted by molar-refractivity contribution is -0.141. The Morgan fingerprint density at radius 1 is 1.00 bits per heavy atom. The topological polar surface area (TPSA) is 128 Å². The monoisotopic (exact) mass is 391 g/mol. The van der Waals surface area contributed by atoms with Crippen LogP contribution in [-0.4, -0.2) is 70.3 Å². The normalized spacial score (nSPS) is 32.0. The van der Waals surface area contributed by atoms with E-state index < -0.39 is 23.1 Å². The number of piperidine rings is 1. The Balaban J connectivity index is 1.37. The van der Waals surface area contributed by atoms with Crippen LogP contribution < -0.4 is 16.0 Å². The zero-order chi connectivity index (χ0) is 20.1. The number of nitrogens with zero attached hydrogens (tertiary/aromatic N) is 2. The van der Waals surface area contributed by atoms with Gasteiger partial charge in [0.05, 0.1) is 0 Å². The Bertz CT molecular complexity index is 749. The minimum atomic E-state index is -0.961. The fourth-order valence-corrected chi connectivity index (χ4v) is 4.67. The first-order chi connectivity index (χ1) is 13.2. The van der Waals surface area contributed by atoms with Crippen molar-refractivity contribution in [2.75, 3.05) is 19.6 Å². The molecule has 0 bridgehead atoms. The fourth-order valence-electron chi connectivity index (χ4n) is 4.67. The zero-order valence-electron chi connectivity index (χ0n) is 15.9. The highest BCUT2D eigenvalue weighted by atomic mass is 16.2. The third-order valence-electron chi connectivity index (χ3n) is 6.65. The average Bonchev–Trinajstić information content (AvgIpc) is 3.06. The standard InChI is InChI=1S/C18H25N5O5/c1-11-2-4-18(5-3-11)14(26)23(16(28)21-18)10-12(24)22-8-6-17(7-9-22)13(25)19-15(27)20-17/h11H,2-10H2,1H3,(H,21,28)(H2,19,20,25,27). The summed E-state index contributed by atoms with van der Waals surface area (Å²) < 4.78 is 0. The Morgan fingerprint density at radius 2 is 1.64 bits per heavy atom. The number of carbonyl (C=O) groups is 5. The molecule has 10 nitrogen and oxygen atoms in total. The smallest absolute Gasteiger partial charge is 0.325 e. The summed E-state index contributed by atoms with van der Waals surface area (Å²) in [6.07, 6.45) is 3.55. The molecular weight excluding hydrogens is 366 g/mol. The number of imide groups is 2. The Labute approximate surface area is 162 Å². The summed E-state index contributed by atoms with van der Waals surface area (Å²) in [6, 6.07) is -1.03. The van der Waals surface area contributed by atoms with E-state index >= 15 is 0 Å². The highest BCUT2D eigenvalue weighted by Gasteiger charge is 2.53. The molecule has 4 rings (SSSR count). The lowest BCUT2D eigenvalue weighted by atomic mass is 9.77.